The molecule has 2 aromatic rings. The van der Waals surface area contributed by atoms with E-state index in [1.807, 2.05) is 0 Å². The van der Waals surface area contributed by atoms with Gasteiger partial charge in [-0.2, -0.15) is 0 Å². The van der Waals surface area contributed by atoms with Gasteiger partial charge in [-0.05, 0) is 6.07 Å². The summed E-state index contributed by atoms with van der Waals surface area (Å²) in [4.78, 5) is 18.0. The van der Waals surface area contributed by atoms with Crippen LogP contribution in [0.3, 0.4) is 0 Å². The quantitative estimate of drug-likeness (QED) is 0.580. The van der Waals surface area contributed by atoms with Crippen molar-refractivity contribution in [1.82, 2.24) is 9.97 Å². The van der Waals surface area contributed by atoms with Crippen molar-refractivity contribution in [3.8, 4) is 0 Å². The summed E-state index contributed by atoms with van der Waals surface area (Å²) in [6.07, 6.45) is 4.30. The number of nitro groups is 1. The SMILES string of the molecule is C=C(c1ncccn1)c1occc1[N+](=O)[O-]. The highest BCUT2D eigenvalue weighted by Gasteiger charge is 2.21. The van der Waals surface area contributed by atoms with E-state index in [4.69, 9.17) is 4.42 Å². The molecule has 0 aliphatic rings. The van der Waals surface area contributed by atoms with Crippen LogP contribution in [0.25, 0.3) is 5.57 Å². The number of furan rings is 1. The van der Waals surface area contributed by atoms with E-state index in [-0.39, 0.29) is 17.0 Å². The van der Waals surface area contributed by atoms with Crippen LogP contribution in [-0.2, 0) is 0 Å². The molecule has 16 heavy (non-hydrogen) atoms. The molecular formula is C10H7N3O3. The molecule has 0 amide bonds. The van der Waals surface area contributed by atoms with E-state index in [9.17, 15) is 10.1 Å². The first kappa shape index (κ1) is 10.0. The fraction of sp³-hybridized carbons (Fsp3) is 0. The lowest BCUT2D eigenvalue weighted by atomic mass is 10.2. The van der Waals surface area contributed by atoms with Gasteiger partial charge in [-0.3, -0.25) is 10.1 Å². The summed E-state index contributed by atoms with van der Waals surface area (Å²) in [5.74, 6) is 0.386. The fourth-order valence-electron chi connectivity index (χ4n) is 1.23. The molecule has 2 heterocycles. The molecule has 0 unspecified atom stereocenters. The topological polar surface area (TPSA) is 82.1 Å². The molecule has 6 nitrogen and oxygen atoms in total. The molecule has 0 saturated heterocycles. The van der Waals surface area contributed by atoms with Crippen LogP contribution in [0.5, 0.6) is 0 Å². The van der Waals surface area contributed by atoms with Gasteiger partial charge in [0.15, 0.2) is 5.82 Å². The van der Waals surface area contributed by atoms with E-state index in [1.165, 1.54) is 24.7 Å². The lowest BCUT2D eigenvalue weighted by Crippen LogP contribution is -1.95. The van der Waals surface area contributed by atoms with Crippen molar-refractivity contribution in [3.05, 3.63) is 59.1 Å². The summed E-state index contributed by atoms with van der Waals surface area (Å²) in [5, 5.41) is 10.7. The first-order valence-electron chi connectivity index (χ1n) is 4.38. The van der Waals surface area contributed by atoms with Crippen molar-refractivity contribution in [1.29, 1.82) is 0 Å². The zero-order chi connectivity index (χ0) is 11.5. The Balaban J connectivity index is 2.42. The molecule has 0 bridgehead atoms. The highest BCUT2D eigenvalue weighted by Crippen LogP contribution is 2.28. The molecule has 80 valence electrons. The third-order valence-corrected chi connectivity index (χ3v) is 1.95. The predicted octanol–water partition coefficient (Wildman–Crippen LogP) is 2.04. The lowest BCUT2D eigenvalue weighted by molar-refractivity contribution is -0.385. The summed E-state index contributed by atoms with van der Waals surface area (Å²) < 4.78 is 5.02. The van der Waals surface area contributed by atoms with Crippen LogP contribution in [0.4, 0.5) is 5.69 Å². The average molecular weight is 217 g/mol. The Morgan fingerprint density at radius 3 is 2.75 bits per heavy atom. The normalized spacial score (nSPS) is 10.0. The van der Waals surface area contributed by atoms with E-state index in [0.29, 0.717) is 5.82 Å². The number of rotatable bonds is 3. The zero-order valence-corrected chi connectivity index (χ0v) is 8.16. The van der Waals surface area contributed by atoms with E-state index >= 15 is 0 Å². The van der Waals surface area contributed by atoms with Gasteiger partial charge in [0.25, 0.3) is 0 Å². The van der Waals surface area contributed by atoms with Gasteiger partial charge < -0.3 is 4.42 Å². The molecule has 0 radical (unpaired) electrons. The van der Waals surface area contributed by atoms with Gasteiger partial charge in [0.2, 0.25) is 5.76 Å². The number of nitrogens with zero attached hydrogens (tertiary/aromatic N) is 3. The van der Waals surface area contributed by atoms with Gasteiger partial charge in [0, 0.05) is 12.4 Å². The van der Waals surface area contributed by atoms with E-state index < -0.39 is 4.92 Å². The minimum Gasteiger partial charge on any atom is -0.457 e. The molecule has 0 N–H and O–H groups in total. The Morgan fingerprint density at radius 2 is 2.12 bits per heavy atom. The minimum absolute atomic E-state index is 0.0798. The summed E-state index contributed by atoms with van der Waals surface area (Å²) >= 11 is 0. The van der Waals surface area contributed by atoms with Crippen molar-refractivity contribution < 1.29 is 9.34 Å². The summed E-state index contributed by atoms with van der Waals surface area (Å²) in [5.41, 5.74) is 0.148. The molecule has 0 aliphatic carbocycles. The maximum absolute atomic E-state index is 10.7. The molecule has 0 aliphatic heterocycles. The Kier molecular flexibility index (Phi) is 2.47. The van der Waals surface area contributed by atoms with Crippen molar-refractivity contribution >= 4 is 11.3 Å². The van der Waals surface area contributed by atoms with Crippen LogP contribution in [0, 0.1) is 10.1 Å². The first-order valence-corrected chi connectivity index (χ1v) is 4.38. The lowest BCUT2D eigenvalue weighted by Gasteiger charge is -1.99. The largest absolute Gasteiger partial charge is 0.457 e. The van der Waals surface area contributed by atoms with Gasteiger partial charge in [0.1, 0.15) is 0 Å². The molecule has 0 aromatic carbocycles. The predicted molar refractivity (Wildman–Crippen MR) is 55.5 cm³/mol. The third kappa shape index (κ3) is 1.68. The van der Waals surface area contributed by atoms with Gasteiger partial charge in [-0.15, -0.1) is 0 Å². The van der Waals surface area contributed by atoms with Crippen LogP contribution >= 0.6 is 0 Å². The van der Waals surface area contributed by atoms with Gasteiger partial charge in [-0.25, -0.2) is 9.97 Å². The van der Waals surface area contributed by atoms with Crippen molar-refractivity contribution in [2.45, 2.75) is 0 Å². The Bertz CT molecular complexity index is 533. The molecular weight excluding hydrogens is 210 g/mol. The Labute approximate surface area is 90.4 Å². The molecule has 2 rings (SSSR count). The molecule has 0 saturated carbocycles. The summed E-state index contributed by atoms with van der Waals surface area (Å²) in [7, 11) is 0. The molecule has 6 heteroatoms. The average Bonchev–Trinajstić information content (AvgIpc) is 2.78. The highest BCUT2D eigenvalue weighted by atomic mass is 16.6. The number of hydrogen-bond donors (Lipinski definition) is 0. The molecule has 0 spiro atoms. The van der Waals surface area contributed by atoms with Crippen LogP contribution in [0.1, 0.15) is 11.6 Å². The molecule has 0 atom stereocenters. The minimum atomic E-state index is -0.535. The van der Waals surface area contributed by atoms with Crippen LogP contribution in [-0.4, -0.2) is 14.9 Å². The van der Waals surface area contributed by atoms with Crippen LogP contribution < -0.4 is 0 Å². The highest BCUT2D eigenvalue weighted by molar-refractivity contribution is 5.75. The third-order valence-electron chi connectivity index (χ3n) is 1.95. The van der Waals surface area contributed by atoms with Crippen molar-refractivity contribution in [2.24, 2.45) is 0 Å². The standard InChI is InChI=1S/C10H7N3O3/c1-7(10-11-4-2-5-12-10)9-8(13(14)15)3-6-16-9/h2-6H,1H2. The Hall–Kier alpha value is -2.50. The maximum atomic E-state index is 10.7. The maximum Gasteiger partial charge on any atom is 0.315 e. The van der Waals surface area contributed by atoms with Crippen molar-refractivity contribution in [3.63, 3.8) is 0 Å². The van der Waals surface area contributed by atoms with Crippen LogP contribution in [0.15, 0.2) is 41.8 Å². The number of hydrogen-bond acceptors (Lipinski definition) is 5. The smallest absolute Gasteiger partial charge is 0.315 e. The first-order chi connectivity index (χ1) is 7.70. The fourth-order valence-corrected chi connectivity index (χ4v) is 1.23. The molecule has 2 aromatic heterocycles. The van der Waals surface area contributed by atoms with Gasteiger partial charge in [0.05, 0.1) is 22.8 Å². The van der Waals surface area contributed by atoms with E-state index in [1.54, 1.807) is 6.07 Å². The van der Waals surface area contributed by atoms with E-state index in [2.05, 4.69) is 16.5 Å². The second kappa shape index (κ2) is 3.93. The summed E-state index contributed by atoms with van der Waals surface area (Å²) in [6, 6.07) is 2.91. The zero-order valence-electron chi connectivity index (χ0n) is 8.16. The van der Waals surface area contributed by atoms with Crippen LogP contribution in [0.2, 0.25) is 0 Å². The second-order valence-electron chi connectivity index (χ2n) is 2.94. The van der Waals surface area contributed by atoms with Crippen molar-refractivity contribution in [2.75, 3.05) is 0 Å². The van der Waals surface area contributed by atoms with Gasteiger partial charge >= 0.3 is 5.69 Å². The van der Waals surface area contributed by atoms with Gasteiger partial charge in [-0.1, -0.05) is 6.58 Å². The monoisotopic (exact) mass is 217 g/mol. The van der Waals surface area contributed by atoms with E-state index in [0.717, 1.165) is 0 Å². The number of aromatic nitrogens is 2. The molecule has 0 fully saturated rings. The Morgan fingerprint density at radius 1 is 1.44 bits per heavy atom. The second-order valence-corrected chi connectivity index (χ2v) is 2.94. The summed E-state index contributed by atoms with van der Waals surface area (Å²) in [6.45, 7) is 3.69.